The van der Waals surface area contributed by atoms with Gasteiger partial charge in [0, 0.05) is 29.9 Å². The first-order valence-corrected chi connectivity index (χ1v) is 10.7. The number of benzene rings is 3. The summed E-state index contributed by atoms with van der Waals surface area (Å²) in [6, 6.07) is 23.0. The topological polar surface area (TPSA) is 40.6 Å². The lowest BCUT2D eigenvalue weighted by Gasteiger charge is -2.29. The van der Waals surface area contributed by atoms with Gasteiger partial charge < -0.3 is 4.90 Å². The number of aryl methyl sites for hydroxylation is 1. The summed E-state index contributed by atoms with van der Waals surface area (Å²) < 4.78 is 0. The third kappa shape index (κ3) is 3.77. The molecule has 4 nitrogen and oxygen atoms in total. The van der Waals surface area contributed by atoms with Gasteiger partial charge in [-0.1, -0.05) is 48.5 Å². The Labute approximate surface area is 183 Å². The van der Waals surface area contributed by atoms with Gasteiger partial charge in [-0.15, -0.1) is 0 Å². The van der Waals surface area contributed by atoms with Crippen molar-refractivity contribution < 1.29 is 9.59 Å². The molecule has 4 heteroatoms. The summed E-state index contributed by atoms with van der Waals surface area (Å²) >= 11 is 0. The molecule has 1 heterocycles. The molecule has 0 fully saturated rings. The quantitative estimate of drug-likeness (QED) is 0.408. The summed E-state index contributed by atoms with van der Waals surface area (Å²) in [7, 11) is 0. The van der Waals surface area contributed by atoms with Crippen LogP contribution in [0.5, 0.6) is 0 Å². The van der Waals surface area contributed by atoms with Crippen molar-refractivity contribution in [3.63, 3.8) is 0 Å². The molecule has 3 aromatic carbocycles. The monoisotopic (exact) mass is 410 g/mol. The number of hydrogen-bond acceptors (Lipinski definition) is 3. The minimum atomic E-state index is -0.300. The van der Waals surface area contributed by atoms with E-state index >= 15 is 0 Å². The molecule has 0 aromatic heterocycles. The van der Waals surface area contributed by atoms with E-state index < -0.39 is 0 Å². The van der Waals surface area contributed by atoms with Gasteiger partial charge in [-0.3, -0.25) is 9.59 Å². The first-order chi connectivity index (χ1) is 15.0. The van der Waals surface area contributed by atoms with Gasteiger partial charge in [0.2, 0.25) is 0 Å². The first-order valence-electron chi connectivity index (χ1n) is 10.7. The first kappa shape index (κ1) is 20.6. The molecular weight excluding hydrogens is 384 g/mol. The third-order valence-corrected chi connectivity index (χ3v) is 5.77. The van der Waals surface area contributed by atoms with E-state index in [4.69, 9.17) is 0 Å². The Hall–Kier alpha value is -3.66. The highest BCUT2D eigenvalue weighted by Gasteiger charge is 2.36. The summed E-state index contributed by atoms with van der Waals surface area (Å²) in [6.07, 6.45) is 1.88. The van der Waals surface area contributed by atoms with Gasteiger partial charge in [0.05, 0.1) is 5.69 Å². The summed E-state index contributed by atoms with van der Waals surface area (Å²) in [4.78, 5) is 30.4. The lowest BCUT2D eigenvalue weighted by Crippen LogP contribution is -2.42. The maximum Gasteiger partial charge on any atom is 0.265 e. The van der Waals surface area contributed by atoms with Crippen LogP contribution in [-0.4, -0.2) is 24.9 Å². The fourth-order valence-electron chi connectivity index (χ4n) is 4.06. The second-order valence-corrected chi connectivity index (χ2v) is 7.60. The van der Waals surface area contributed by atoms with Crippen molar-refractivity contribution in [3.05, 3.63) is 95.1 Å². The van der Waals surface area contributed by atoms with Crippen LogP contribution in [0.25, 0.3) is 11.6 Å². The molecule has 0 unspecified atom stereocenters. The third-order valence-electron chi connectivity index (χ3n) is 5.77. The zero-order valence-corrected chi connectivity index (χ0v) is 18.1. The minimum Gasteiger partial charge on any atom is -0.372 e. The van der Waals surface area contributed by atoms with Crippen LogP contribution in [0.1, 0.15) is 40.9 Å². The van der Waals surface area contributed by atoms with Crippen LogP contribution in [0.2, 0.25) is 0 Å². The average Bonchev–Trinajstić information content (AvgIpc) is 2.80. The number of imide groups is 1. The lowest BCUT2D eigenvalue weighted by atomic mass is 9.91. The van der Waals surface area contributed by atoms with Gasteiger partial charge in [-0.05, 0) is 67.8 Å². The molecule has 3 aromatic rings. The summed E-state index contributed by atoms with van der Waals surface area (Å²) in [5.74, 6) is -0.588. The van der Waals surface area contributed by atoms with E-state index in [-0.39, 0.29) is 11.8 Å². The van der Waals surface area contributed by atoms with Crippen molar-refractivity contribution in [1.82, 2.24) is 0 Å². The molecular formula is C27H26N2O2. The summed E-state index contributed by atoms with van der Waals surface area (Å²) in [5.41, 5.74) is 5.31. The van der Waals surface area contributed by atoms with Crippen molar-refractivity contribution >= 4 is 34.8 Å². The van der Waals surface area contributed by atoms with E-state index in [0.29, 0.717) is 22.4 Å². The average molecular weight is 411 g/mol. The van der Waals surface area contributed by atoms with Gasteiger partial charge in [-0.2, -0.15) is 0 Å². The molecule has 156 valence electrons. The molecule has 1 aliphatic rings. The zero-order chi connectivity index (χ0) is 22.0. The molecule has 0 aliphatic carbocycles. The Kier molecular flexibility index (Phi) is 5.72. The summed E-state index contributed by atoms with van der Waals surface area (Å²) in [6.45, 7) is 8.06. The Balaban J connectivity index is 1.81. The number of carbonyl (C=O) groups is 2. The van der Waals surface area contributed by atoms with E-state index in [0.717, 1.165) is 29.9 Å². The van der Waals surface area contributed by atoms with Crippen LogP contribution in [0.4, 0.5) is 11.4 Å². The maximum atomic E-state index is 13.6. The van der Waals surface area contributed by atoms with Crippen molar-refractivity contribution in [3.8, 4) is 0 Å². The standard InChI is InChI=1S/C27H26N2O2/c1-4-28(5-2)21-16-14-20(15-17-21)18-24-22-11-7-8-12-23(22)26(30)29(27(24)31)25-13-9-6-10-19(25)3/h6-18H,4-5H2,1-3H3/b24-18-. The minimum absolute atomic E-state index is 0.288. The van der Waals surface area contributed by atoms with E-state index in [2.05, 4.69) is 30.9 Å². The predicted molar refractivity (Wildman–Crippen MR) is 127 cm³/mol. The van der Waals surface area contributed by atoms with Crippen molar-refractivity contribution in [2.45, 2.75) is 20.8 Å². The van der Waals surface area contributed by atoms with Crippen molar-refractivity contribution in [2.75, 3.05) is 22.9 Å². The fraction of sp³-hybridized carbons (Fsp3) is 0.185. The Morgan fingerprint density at radius 1 is 0.774 bits per heavy atom. The van der Waals surface area contributed by atoms with Gasteiger partial charge in [0.1, 0.15) is 0 Å². The highest BCUT2D eigenvalue weighted by Crippen LogP contribution is 2.34. The van der Waals surface area contributed by atoms with E-state index in [1.165, 1.54) is 4.90 Å². The van der Waals surface area contributed by atoms with Crippen LogP contribution in [0.3, 0.4) is 0 Å². The molecule has 0 radical (unpaired) electrons. The molecule has 0 atom stereocenters. The van der Waals surface area contributed by atoms with E-state index in [1.54, 1.807) is 6.07 Å². The Morgan fingerprint density at radius 3 is 2.03 bits per heavy atom. The van der Waals surface area contributed by atoms with Crippen LogP contribution in [0, 0.1) is 6.92 Å². The van der Waals surface area contributed by atoms with Gasteiger partial charge in [0.15, 0.2) is 0 Å². The molecule has 1 aliphatic heterocycles. The number of nitrogens with zero attached hydrogens (tertiary/aromatic N) is 2. The molecule has 0 saturated heterocycles. The molecule has 0 spiro atoms. The highest BCUT2D eigenvalue weighted by molar-refractivity contribution is 6.43. The van der Waals surface area contributed by atoms with Crippen LogP contribution >= 0.6 is 0 Å². The number of anilines is 2. The van der Waals surface area contributed by atoms with Crippen LogP contribution < -0.4 is 9.80 Å². The second kappa shape index (κ2) is 8.60. The largest absolute Gasteiger partial charge is 0.372 e. The number of fused-ring (bicyclic) bond motifs is 1. The SMILES string of the molecule is CCN(CC)c1ccc(/C=C2\C(=O)N(c3ccccc3C)C(=O)c3ccccc32)cc1. The summed E-state index contributed by atoms with van der Waals surface area (Å²) in [5, 5.41) is 0. The molecule has 0 saturated carbocycles. The fourth-order valence-corrected chi connectivity index (χ4v) is 4.06. The molecule has 0 N–H and O–H groups in total. The Morgan fingerprint density at radius 2 is 1.39 bits per heavy atom. The highest BCUT2D eigenvalue weighted by atomic mass is 16.2. The van der Waals surface area contributed by atoms with E-state index in [9.17, 15) is 9.59 Å². The van der Waals surface area contributed by atoms with E-state index in [1.807, 2.05) is 67.6 Å². The Bertz CT molecular complexity index is 1160. The number of para-hydroxylation sites is 1. The predicted octanol–water partition coefficient (Wildman–Crippen LogP) is 5.57. The molecule has 31 heavy (non-hydrogen) atoms. The van der Waals surface area contributed by atoms with Crippen LogP contribution in [-0.2, 0) is 4.79 Å². The zero-order valence-electron chi connectivity index (χ0n) is 18.1. The number of hydrogen-bond donors (Lipinski definition) is 0. The van der Waals surface area contributed by atoms with Crippen molar-refractivity contribution in [2.24, 2.45) is 0 Å². The normalized spacial score (nSPS) is 14.7. The van der Waals surface area contributed by atoms with Crippen molar-refractivity contribution in [1.29, 1.82) is 0 Å². The number of amides is 2. The maximum absolute atomic E-state index is 13.6. The second-order valence-electron chi connectivity index (χ2n) is 7.60. The molecule has 2 amide bonds. The number of rotatable bonds is 5. The van der Waals surface area contributed by atoms with Gasteiger partial charge in [-0.25, -0.2) is 4.90 Å². The molecule has 4 rings (SSSR count). The van der Waals surface area contributed by atoms with Gasteiger partial charge in [0.25, 0.3) is 11.8 Å². The lowest BCUT2D eigenvalue weighted by molar-refractivity contribution is -0.112. The van der Waals surface area contributed by atoms with Crippen LogP contribution in [0.15, 0.2) is 72.8 Å². The number of carbonyl (C=O) groups excluding carboxylic acids is 2. The smallest absolute Gasteiger partial charge is 0.265 e. The molecule has 0 bridgehead atoms. The van der Waals surface area contributed by atoms with Gasteiger partial charge >= 0.3 is 0 Å².